The highest BCUT2D eigenvalue weighted by atomic mass is 16.3. The van der Waals surface area contributed by atoms with E-state index in [4.69, 9.17) is 0 Å². The predicted octanol–water partition coefficient (Wildman–Crippen LogP) is 6.30. The Morgan fingerprint density at radius 1 is 0.486 bits per heavy atom. The summed E-state index contributed by atoms with van der Waals surface area (Å²) in [5.41, 5.74) is 8.53. The first kappa shape index (κ1) is 21.1. The fourth-order valence-electron chi connectivity index (χ4n) is 5.34. The van der Waals surface area contributed by atoms with Gasteiger partial charge in [0.25, 0.3) is 0 Å². The molecule has 0 unspecified atom stereocenters. The summed E-state index contributed by atoms with van der Waals surface area (Å²) in [5, 5.41) is 41.8. The molecule has 2 aliphatic rings. The van der Waals surface area contributed by atoms with Gasteiger partial charge in [-0.3, -0.25) is 0 Å². The quantitative estimate of drug-likeness (QED) is 0.265. The van der Waals surface area contributed by atoms with Gasteiger partial charge in [0.05, 0.1) is 5.41 Å². The van der Waals surface area contributed by atoms with Crippen molar-refractivity contribution in [3.8, 4) is 23.0 Å². The van der Waals surface area contributed by atoms with E-state index in [0.29, 0.717) is 0 Å². The lowest BCUT2D eigenvalue weighted by atomic mass is 9.78. The number of hydrogen-bond donors (Lipinski definition) is 4. The summed E-state index contributed by atoms with van der Waals surface area (Å²) in [6.45, 7) is 4.07. The van der Waals surface area contributed by atoms with Crippen molar-refractivity contribution in [2.75, 3.05) is 0 Å². The molecule has 0 radical (unpaired) electrons. The zero-order valence-corrected chi connectivity index (χ0v) is 19.4. The largest absolute Gasteiger partial charge is 0.504 e. The maximum atomic E-state index is 10.5. The maximum Gasteiger partial charge on any atom is 0.158 e. The second-order valence-electron chi connectivity index (χ2n) is 9.49. The molecule has 35 heavy (non-hydrogen) atoms. The van der Waals surface area contributed by atoms with Gasteiger partial charge in [-0.2, -0.15) is 0 Å². The molecular weight excluding hydrogens is 436 g/mol. The minimum atomic E-state index is -0.804. The van der Waals surface area contributed by atoms with E-state index in [9.17, 15) is 20.4 Å². The van der Waals surface area contributed by atoms with Crippen LogP contribution in [0.2, 0.25) is 0 Å². The minimum absolute atomic E-state index is 0.187. The number of fused-ring (bicyclic) bond motifs is 4. The van der Waals surface area contributed by atoms with Crippen molar-refractivity contribution in [3.05, 3.63) is 129 Å². The molecule has 0 aliphatic heterocycles. The van der Waals surface area contributed by atoms with Crippen molar-refractivity contribution >= 4 is 11.1 Å². The van der Waals surface area contributed by atoms with E-state index >= 15 is 0 Å². The number of phenolic OH excluding ortho intramolecular Hbond substituents is 4. The Hall–Kier alpha value is -4.44. The summed E-state index contributed by atoms with van der Waals surface area (Å²) < 4.78 is 0. The van der Waals surface area contributed by atoms with Crippen molar-refractivity contribution in [3.63, 3.8) is 0 Å². The Kier molecular flexibility index (Phi) is 4.39. The molecule has 2 aliphatic carbocycles. The van der Waals surface area contributed by atoms with Crippen LogP contribution in [-0.2, 0) is 5.41 Å². The highest BCUT2D eigenvalue weighted by Gasteiger charge is 2.45. The van der Waals surface area contributed by atoms with Crippen molar-refractivity contribution in [2.45, 2.75) is 19.3 Å². The monoisotopic (exact) mass is 460 g/mol. The van der Waals surface area contributed by atoms with E-state index in [1.165, 1.54) is 0 Å². The zero-order valence-electron chi connectivity index (χ0n) is 19.4. The lowest BCUT2D eigenvalue weighted by Gasteiger charge is -2.24. The molecule has 0 heterocycles. The molecule has 4 N–H and O–H groups in total. The summed E-state index contributed by atoms with van der Waals surface area (Å²) in [6, 6.07) is 22.8. The molecule has 6 rings (SSSR count). The molecule has 1 spiro atoms. The summed E-state index contributed by atoms with van der Waals surface area (Å²) in [4.78, 5) is 0. The number of benzene rings is 4. The molecule has 4 nitrogen and oxygen atoms in total. The standard InChI is InChI=1S/C31H24O4/c1-17-3-7-19(8-4-17)23-15-31(25-13-29(34)27(32)11-21(23)25)16-24(20-9-5-18(2)6-10-20)22-12-28(33)30(35)14-26(22)31/h3-16,32-35H,1-2H3. The van der Waals surface area contributed by atoms with Crippen LogP contribution in [0, 0.1) is 13.8 Å². The number of aromatic hydroxyl groups is 4. The van der Waals surface area contributed by atoms with Gasteiger partial charge in [0, 0.05) is 0 Å². The maximum absolute atomic E-state index is 10.5. The Bertz CT molecular complexity index is 1450. The first-order valence-corrected chi connectivity index (χ1v) is 11.5. The number of aryl methyl sites for hydroxylation is 2. The Labute approximate surface area is 203 Å². The SMILES string of the molecule is Cc1ccc(C2=CC3(C=C(c4ccc(C)cc4)c4cc(O)c(O)cc43)c3cc(O)c(O)cc32)cc1. The third-order valence-corrected chi connectivity index (χ3v) is 7.17. The molecule has 4 aromatic carbocycles. The van der Waals surface area contributed by atoms with E-state index in [1.807, 2.05) is 62.4 Å². The third kappa shape index (κ3) is 3.07. The molecule has 172 valence electrons. The Morgan fingerprint density at radius 3 is 1.20 bits per heavy atom. The Balaban J connectivity index is 1.69. The van der Waals surface area contributed by atoms with Gasteiger partial charge < -0.3 is 20.4 Å². The van der Waals surface area contributed by atoms with Crippen LogP contribution in [0.5, 0.6) is 23.0 Å². The molecule has 0 atom stereocenters. The highest BCUT2D eigenvalue weighted by Crippen LogP contribution is 2.57. The van der Waals surface area contributed by atoms with Gasteiger partial charge >= 0.3 is 0 Å². The summed E-state index contributed by atoms with van der Waals surface area (Å²) in [5.74, 6) is -0.784. The molecule has 0 aromatic heterocycles. The van der Waals surface area contributed by atoms with Gasteiger partial charge in [0.2, 0.25) is 0 Å². The molecular formula is C31H24O4. The van der Waals surface area contributed by atoms with Crippen LogP contribution in [0.25, 0.3) is 11.1 Å². The second-order valence-corrected chi connectivity index (χ2v) is 9.49. The van der Waals surface area contributed by atoms with Crippen LogP contribution in [0.4, 0.5) is 0 Å². The van der Waals surface area contributed by atoms with Crippen LogP contribution < -0.4 is 0 Å². The fourth-order valence-corrected chi connectivity index (χ4v) is 5.34. The number of phenols is 4. The lowest BCUT2D eigenvalue weighted by molar-refractivity contribution is 0.401. The van der Waals surface area contributed by atoms with E-state index in [-0.39, 0.29) is 23.0 Å². The van der Waals surface area contributed by atoms with Gasteiger partial charge in [-0.25, -0.2) is 0 Å². The fraction of sp³-hybridized carbons (Fsp3) is 0.0968. The van der Waals surface area contributed by atoms with Crippen LogP contribution in [0.1, 0.15) is 44.5 Å². The van der Waals surface area contributed by atoms with Crippen LogP contribution >= 0.6 is 0 Å². The van der Waals surface area contributed by atoms with Crippen molar-refractivity contribution in [1.29, 1.82) is 0 Å². The molecule has 0 saturated carbocycles. The van der Waals surface area contributed by atoms with Gasteiger partial charge in [-0.05, 0) is 82.6 Å². The minimum Gasteiger partial charge on any atom is -0.504 e. The van der Waals surface area contributed by atoms with Gasteiger partial charge in [-0.1, -0.05) is 71.8 Å². The first-order chi connectivity index (χ1) is 16.8. The van der Waals surface area contributed by atoms with Crippen LogP contribution in [-0.4, -0.2) is 20.4 Å². The third-order valence-electron chi connectivity index (χ3n) is 7.17. The zero-order chi connectivity index (χ0) is 24.5. The van der Waals surface area contributed by atoms with E-state index < -0.39 is 5.41 Å². The second kappa shape index (κ2) is 7.28. The Morgan fingerprint density at radius 2 is 0.829 bits per heavy atom. The molecule has 0 amide bonds. The summed E-state index contributed by atoms with van der Waals surface area (Å²) >= 11 is 0. The van der Waals surface area contributed by atoms with E-state index in [0.717, 1.165) is 55.7 Å². The summed E-state index contributed by atoms with van der Waals surface area (Å²) in [6.07, 6.45) is 4.25. The molecule has 0 fully saturated rings. The summed E-state index contributed by atoms with van der Waals surface area (Å²) in [7, 11) is 0. The molecule has 0 bridgehead atoms. The van der Waals surface area contributed by atoms with E-state index in [2.05, 4.69) is 12.2 Å². The van der Waals surface area contributed by atoms with Gasteiger partial charge in [0.15, 0.2) is 23.0 Å². The van der Waals surface area contributed by atoms with E-state index in [1.54, 1.807) is 24.3 Å². The van der Waals surface area contributed by atoms with Crippen molar-refractivity contribution < 1.29 is 20.4 Å². The number of hydrogen-bond acceptors (Lipinski definition) is 4. The van der Waals surface area contributed by atoms with Crippen LogP contribution in [0.3, 0.4) is 0 Å². The van der Waals surface area contributed by atoms with Crippen LogP contribution in [0.15, 0.2) is 84.9 Å². The molecule has 0 saturated heterocycles. The van der Waals surface area contributed by atoms with Crippen molar-refractivity contribution in [1.82, 2.24) is 0 Å². The normalized spacial score (nSPS) is 15.0. The average Bonchev–Trinajstić information content (AvgIpc) is 3.31. The smallest absolute Gasteiger partial charge is 0.158 e. The van der Waals surface area contributed by atoms with Gasteiger partial charge in [-0.15, -0.1) is 0 Å². The lowest BCUT2D eigenvalue weighted by Crippen LogP contribution is -2.18. The van der Waals surface area contributed by atoms with Crippen molar-refractivity contribution in [2.24, 2.45) is 0 Å². The first-order valence-electron chi connectivity index (χ1n) is 11.5. The molecule has 4 aromatic rings. The molecule has 4 heteroatoms. The highest BCUT2D eigenvalue weighted by molar-refractivity contribution is 5.97. The van der Waals surface area contributed by atoms with Gasteiger partial charge in [0.1, 0.15) is 0 Å². The predicted molar refractivity (Wildman–Crippen MR) is 137 cm³/mol. The number of allylic oxidation sites excluding steroid dienone is 2. The topological polar surface area (TPSA) is 80.9 Å². The average molecular weight is 461 g/mol. The number of rotatable bonds is 2.